The minimum atomic E-state index is -3.39. The van der Waals surface area contributed by atoms with Gasteiger partial charge >= 0.3 is 29.6 Å². The molecule has 14 heavy (non-hydrogen) atoms. The van der Waals surface area contributed by atoms with Crippen molar-refractivity contribution in [1.82, 2.24) is 20.2 Å². The molecule has 0 amide bonds. The summed E-state index contributed by atoms with van der Waals surface area (Å²) in [6.45, 7) is 0.419. The Hall–Kier alpha value is 0.200. The van der Waals surface area contributed by atoms with Crippen LogP contribution in [0.2, 0.25) is 0 Å². The minimum Gasteiger partial charge on any atom is -0.242 e. The van der Waals surface area contributed by atoms with E-state index >= 15 is 0 Å². The second-order valence-corrected chi connectivity index (χ2v) is 4.55. The molecule has 0 radical (unpaired) electrons. The van der Waals surface area contributed by atoms with Gasteiger partial charge < -0.3 is 0 Å². The van der Waals surface area contributed by atoms with Crippen LogP contribution in [0, 0.1) is 4.77 Å². The molecule has 0 aliphatic carbocycles. The molecule has 74 valence electrons. The topological polar surface area (TPSA) is 107 Å². The fraction of sp³-hybridized carbons (Fsp3) is 0.750. The summed E-state index contributed by atoms with van der Waals surface area (Å²) in [6, 6.07) is 0. The number of aromatic amines is 1. The third kappa shape index (κ3) is 5.17. The monoisotopic (exact) mass is 246 g/mol. The van der Waals surface area contributed by atoms with E-state index in [0.717, 1.165) is 0 Å². The van der Waals surface area contributed by atoms with Gasteiger partial charge in [-0.1, -0.05) is 10.3 Å². The molecule has 0 spiro atoms. The third-order valence-corrected chi connectivity index (χ3v) is 2.50. The molecule has 0 saturated heterocycles. The average molecular weight is 246 g/mol. The number of nitrogens with one attached hydrogen (secondary N) is 1. The predicted molar refractivity (Wildman–Crippen MR) is 47.8 cm³/mol. The quantitative estimate of drug-likeness (QED) is 0.416. The zero-order chi connectivity index (χ0) is 9.90. The summed E-state index contributed by atoms with van der Waals surface area (Å²) in [6.07, 6.45) is 0.386. The largest absolute Gasteiger partial charge is 1.00 e. The maximum Gasteiger partial charge on any atom is 1.00 e. The molecule has 0 aliphatic heterocycles. The molecule has 1 rings (SSSR count). The maximum atomic E-state index is 10.5. The average Bonchev–Trinajstić information content (AvgIpc) is 2.34. The fourth-order valence-corrected chi connectivity index (χ4v) is 1.49. The second-order valence-electron chi connectivity index (χ2n) is 2.45. The molecule has 0 bridgehead atoms. The van der Waals surface area contributed by atoms with E-state index in [1.165, 1.54) is 4.68 Å². The maximum absolute atomic E-state index is 10.5. The van der Waals surface area contributed by atoms with E-state index in [9.17, 15) is 8.42 Å². The molecule has 1 aromatic rings. The number of sulfonamides is 1. The van der Waals surface area contributed by atoms with Gasteiger partial charge in [0.05, 0.1) is 5.75 Å². The Morgan fingerprint density at radius 3 is 2.64 bits per heavy atom. The number of tetrazole rings is 1. The number of primary sulfonamides is 1. The Labute approximate surface area is 108 Å². The number of aromatic nitrogens is 4. The number of H-pyrrole nitrogens is 1. The van der Waals surface area contributed by atoms with Gasteiger partial charge in [0.2, 0.25) is 14.8 Å². The van der Waals surface area contributed by atoms with Crippen LogP contribution in [-0.2, 0) is 16.6 Å². The standard InChI is InChI=1S/C4H9N5O2S2.Na/c5-13(10,11)3-1-2-9-4(12)6-7-8-9;/h1-3H2,(H2,5,10,11)(H,6,8,12);/q;+1. The summed E-state index contributed by atoms with van der Waals surface area (Å²) < 4.78 is 22.9. The Kier molecular flexibility index (Phi) is 6.02. The Balaban J connectivity index is 0.00000169. The Bertz CT molecular complexity index is 423. The van der Waals surface area contributed by atoms with Crippen molar-refractivity contribution in [1.29, 1.82) is 0 Å². The number of hydrogen-bond acceptors (Lipinski definition) is 5. The van der Waals surface area contributed by atoms with E-state index < -0.39 is 10.0 Å². The zero-order valence-electron chi connectivity index (χ0n) is 7.67. The van der Waals surface area contributed by atoms with Gasteiger partial charge in [-0.3, -0.25) is 0 Å². The smallest absolute Gasteiger partial charge is 0.242 e. The van der Waals surface area contributed by atoms with Crippen molar-refractivity contribution in [2.24, 2.45) is 5.14 Å². The van der Waals surface area contributed by atoms with Crippen LogP contribution in [0.1, 0.15) is 6.42 Å². The van der Waals surface area contributed by atoms with Gasteiger partial charge in [-0.25, -0.2) is 18.2 Å². The number of nitrogens with two attached hydrogens (primary N) is 1. The van der Waals surface area contributed by atoms with Crippen molar-refractivity contribution >= 4 is 22.2 Å². The molecule has 0 fully saturated rings. The summed E-state index contributed by atoms with van der Waals surface area (Å²) in [7, 11) is -3.39. The van der Waals surface area contributed by atoms with Gasteiger partial charge in [0.15, 0.2) is 0 Å². The molecule has 0 atom stereocenters. The Morgan fingerprint density at radius 1 is 1.57 bits per heavy atom. The summed E-state index contributed by atoms with van der Waals surface area (Å²) in [4.78, 5) is 0. The SMILES string of the molecule is NS(=O)(=O)CCCn1[nH]nnc1=S.[Na+]. The van der Waals surface area contributed by atoms with E-state index in [0.29, 0.717) is 17.7 Å². The first-order valence-corrected chi connectivity index (χ1v) is 5.60. The van der Waals surface area contributed by atoms with E-state index in [1.54, 1.807) is 0 Å². The van der Waals surface area contributed by atoms with Crippen molar-refractivity contribution < 1.29 is 38.0 Å². The van der Waals surface area contributed by atoms with Gasteiger partial charge in [-0.05, 0) is 18.6 Å². The molecule has 0 saturated carbocycles. The first kappa shape index (κ1) is 14.2. The number of nitrogens with zero attached hydrogens (tertiary/aromatic N) is 3. The normalized spacial score (nSPS) is 10.9. The molecular weight excluding hydrogens is 237 g/mol. The molecule has 0 aliphatic rings. The van der Waals surface area contributed by atoms with E-state index in [1.807, 2.05) is 0 Å². The molecule has 3 N–H and O–H groups in total. The molecule has 1 heterocycles. The van der Waals surface area contributed by atoms with Crippen LogP contribution in [0.15, 0.2) is 0 Å². The van der Waals surface area contributed by atoms with Crippen molar-refractivity contribution in [2.75, 3.05) is 5.75 Å². The van der Waals surface area contributed by atoms with Crippen LogP contribution in [-0.4, -0.2) is 34.4 Å². The number of hydrogen-bond donors (Lipinski definition) is 2. The van der Waals surface area contributed by atoms with Crippen molar-refractivity contribution in [2.45, 2.75) is 13.0 Å². The van der Waals surface area contributed by atoms with Crippen LogP contribution in [0.5, 0.6) is 0 Å². The van der Waals surface area contributed by atoms with E-state index in [2.05, 4.69) is 15.5 Å². The summed E-state index contributed by atoms with van der Waals surface area (Å²) in [5.41, 5.74) is 0. The van der Waals surface area contributed by atoms with Crippen LogP contribution >= 0.6 is 12.2 Å². The summed E-state index contributed by atoms with van der Waals surface area (Å²) in [5.74, 6) is -0.0756. The van der Waals surface area contributed by atoms with Gasteiger partial charge in [0.25, 0.3) is 0 Å². The van der Waals surface area contributed by atoms with Crippen molar-refractivity contribution in [3.63, 3.8) is 0 Å². The Morgan fingerprint density at radius 2 is 2.21 bits per heavy atom. The fourth-order valence-electron chi connectivity index (χ4n) is 0.785. The summed E-state index contributed by atoms with van der Waals surface area (Å²) in [5, 5.41) is 14.3. The van der Waals surface area contributed by atoms with Gasteiger partial charge in [-0.15, -0.1) is 0 Å². The molecule has 1 aromatic heterocycles. The molecular formula is C4H9N5NaO2S2+. The molecule has 10 heteroatoms. The predicted octanol–water partition coefficient (Wildman–Crippen LogP) is -3.98. The van der Waals surface area contributed by atoms with Crippen LogP contribution in [0.4, 0.5) is 0 Å². The van der Waals surface area contributed by atoms with E-state index in [4.69, 9.17) is 17.4 Å². The molecule has 0 unspecified atom stereocenters. The third-order valence-electron chi connectivity index (χ3n) is 1.34. The number of aryl methyl sites for hydroxylation is 1. The first-order valence-electron chi connectivity index (χ1n) is 3.47. The molecule has 7 nitrogen and oxygen atoms in total. The molecule has 0 aromatic carbocycles. The number of rotatable bonds is 4. The second kappa shape index (κ2) is 5.93. The van der Waals surface area contributed by atoms with Crippen LogP contribution in [0.3, 0.4) is 0 Å². The zero-order valence-corrected chi connectivity index (χ0v) is 11.3. The van der Waals surface area contributed by atoms with E-state index in [-0.39, 0.29) is 35.3 Å². The van der Waals surface area contributed by atoms with Crippen molar-refractivity contribution in [3.05, 3.63) is 4.77 Å². The van der Waals surface area contributed by atoms with Gasteiger partial charge in [0, 0.05) is 6.54 Å². The summed E-state index contributed by atoms with van der Waals surface area (Å²) >= 11 is 4.77. The van der Waals surface area contributed by atoms with Crippen LogP contribution < -0.4 is 34.7 Å². The van der Waals surface area contributed by atoms with Gasteiger partial charge in [-0.2, -0.15) is 5.21 Å². The minimum absolute atomic E-state index is 0. The first-order chi connectivity index (χ1) is 5.99. The van der Waals surface area contributed by atoms with Crippen molar-refractivity contribution in [3.8, 4) is 0 Å². The van der Waals surface area contributed by atoms with Crippen LogP contribution in [0.25, 0.3) is 0 Å². The van der Waals surface area contributed by atoms with Gasteiger partial charge in [0.1, 0.15) is 0 Å².